The maximum Gasteiger partial charge on any atom is 0.317 e. The Morgan fingerprint density at radius 2 is 2.18 bits per heavy atom. The van der Waals surface area contributed by atoms with Gasteiger partial charge in [0.05, 0.1) is 18.5 Å². The van der Waals surface area contributed by atoms with Gasteiger partial charge in [-0.15, -0.1) is 0 Å². The topological polar surface area (TPSA) is 69.6 Å². The molecule has 1 aliphatic carbocycles. The fourth-order valence-electron chi connectivity index (χ4n) is 1.55. The van der Waals surface area contributed by atoms with Crippen LogP contribution in [-0.4, -0.2) is 48.1 Å². The Balaban J connectivity index is 2.38. The third-order valence-electron chi connectivity index (χ3n) is 2.47. The number of rotatable bonds is 4. The highest BCUT2D eigenvalue weighted by atomic mass is 19.3. The van der Waals surface area contributed by atoms with E-state index in [-0.39, 0.29) is 6.42 Å². The zero-order valence-corrected chi connectivity index (χ0v) is 9.27. The molecule has 7 heteroatoms. The van der Waals surface area contributed by atoms with Crippen molar-refractivity contribution in [3.8, 4) is 0 Å². The molecule has 2 amide bonds. The first-order valence-corrected chi connectivity index (χ1v) is 5.11. The SMILES string of the molecule is CN(CC(F)F)C(=O)NC1C=CC(C(=O)O)C1. The van der Waals surface area contributed by atoms with E-state index < -0.39 is 36.9 Å². The number of carbonyl (C=O) groups is 2. The lowest BCUT2D eigenvalue weighted by Gasteiger charge is -2.20. The molecule has 1 rings (SSSR count). The highest BCUT2D eigenvalue weighted by molar-refractivity contribution is 5.76. The molecule has 5 nitrogen and oxygen atoms in total. The Morgan fingerprint density at radius 3 is 2.65 bits per heavy atom. The van der Waals surface area contributed by atoms with Crippen LogP contribution >= 0.6 is 0 Å². The van der Waals surface area contributed by atoms with Crippen LogP contribution in [0.1, 0.15) is 6.42 Å². The summed E-state index contributed by atoms with van der Waals surface area (Å²) >= 11 is 0. The molecule has 1 aliphatic rings. The normalized spacial score (nSPS) is 22.8. The van der Waals surface area contributed by atoms with Crippen LogP contribution < -0.4 is 5.32 Å². The van der Waals surface area contributed by atoms with Crippen LogP contribution in [0.15, 0.2) is 12.2 Å². The molecule has 0 saturated carbocycles. The van der Waals surface area contributed by atoms with Gasteiger partial charge in [0.15, 0.2) is 0 Å². The van der Waals surface area contributed by atoms with E-state index >= 15 is 0 Å². The molecule has 0 radical (unpaired) electrons. The molecule has 0 aromatic heterocycles. The van der Waals surface area contributed by atoms with E-state index in [2.05, 4.69) is 5.32 Å². The Morgan fingerprint density at radius 1 is 1.53 bits per heavy atom. The molecular formula is C10H14F2N2O3. The van der Waals surface area contributed by atoms with Crippen molar-refractivity contribution in [2.24, 2.45) is 5.92 Å². The second-order valence-electron chi connectivity index (χ2n) is 3.89. The molecule has 0 aliphatic heterocycles. The van der Waals surface area contributed by atoms with Crippen molar-refractivity contribution >= 4 is 12.0 Å². The van der Waals surface area contributed by atoms with Gasteiger partial charge in [-0.2, -0.15) is 0 Å². The van der Waals surface area contributed by atoms with Crippen LogP contribution in [0.3, 0.4) is 0 Å². The first-order chi connectivity index (χ1) is 7.90. The molecule has 0 aromatic carbocycles. The van der Waals surface area contributed by atoms with Crippen molar-refractivity contribution in [3.63, 3.8) is 0 Å². The third kappa shape index (κ3) is 4.01. The summed E-state index contributed by atoms with van der Waals surface area (Å²) < 4.78 is 24.0. The number of hydrogen-bond donors (Lipinski definition) is 2. The molecule has 0 bridgehead atoms. The van der Waals surface area contributed by atoms with E-state index in [1.807, 2.05) is 0 Å². The molecule has 0 spiro atoms. The summed E-state index contributed by atoms with van der Waals surface area (Å²) in [6.07, 6.45) is 0.716. The summed E-state index contributed by atoms with van der Waals surface area (Å²) in [7, 11) is 1.26. The number of hydrogen-bond acceptors (Lipinski definition) is 2. The summed E-state index contributed by atoms with van der Waals surface area (Å²) in [4.78, 5) is 22.9. The van der Waals surface area contributed by atoms with Crippen molar-refractivity contribution in [3.05, 3.63) is 12.2 Å². The lowest BCUT2D eigenvalue weighted by Crippen LogP contribution is -2.43. The van der Waals surface area contributed by atoms with E-state index in [4.69, 9.17) is 5.11 Å². The van der Waals surface area contributed by atoms with Crippen LogP contribution in [0, 0.1) is 5.92 Å². The first-order valence-electron chi connectivity index (χ1n) is 5.11. The Labute approximate surface area is 97.1 Å². The molecule has 0 heterocycles. The third-order valence-corrected chi connectivity index (χ3v) is 2.47. The van der Waals surface area contributed by atoms with Crippen LogP contribution in [0.5, 0.6) is 0 Å². The summed E-state index contributed by atoms with van der Waals surface area (Å²) in [5.41, 5.74) is 0. The number of carbonyl (C=O) groups excluding carboxylic acids is 1. The number of nitrogens with zero attached hydrogens (tertiary/aromatic N) is 1. The zero-order valence-electron chi connectivity index (χ0n) is 9.27. The molecule has 2 unspecified atom stereocenters. The van der Waals surface area contributed by atoms with E-state index in [1.54, 1.807) is 6.08 Å². The Bertz CT molecular complexity index is 334. The average Bonchev–Trinajstić information content (AvgIpc) is 2.65. The molecule has 0 aromatic rings. The van der Waals surface area contributed by atoms with Gasteiger partial charge in [0, 0.05) is 7.05 Å². The van der Waals surface area contributed by atoms with Gasteiger partial charge in [0.1, 0.15) is 0 Å². The van der Waals surface area contributed by atoms with Crippen molar-refractivity contribution < 1.29 is 23.5 Å². The predicted octanol–water partition coefficient (Wildman–Crippen LogP) is 0.922. The second kappa shape index (κ2) is 5.60. The number of amides is 2. The number of carboxylic acids is 1. The lowest BCUT2D eigenvalue weighted by molar-refractivity contribution is -0.140. The van der Waals surface area contributed by atoms with Crippen molar-refractivity contribution in [1.82, 2.24) is 10.2 Å². The maximum atomic E-state index is 12.0. The van der Waals surface area contributed by atoms with Gasteiger partial charge < -0.3 is 15.3 Å². The number of urea groups is 1. The highest BCUT2D eigenvalue weighted by Gasteiger charge is 2.26. The zero-order chi connectivity index (χ0) is 13.0. The molecule has 0 fully saturated rings. The largest absolute Gasteiger partial charge is 0.481 e. The number of aliphatic carboxylic acids is 1. The monoisotopic (exact) mass is 248 g/mol. The van der Waals surface area contributed by atoms with E-state index in [1.165, 1.54) is 13.1 Å². The molecule has 0 saturated heterocycles. The minimum Gasteiger partial charge on any atom is -0.481 e. The van der Waals surface area contributed by atoms with E-state index in [0.717, 1.165) is 4.90 Å². The number of halogens is 2. The fourth-order valence-corrected chi connectivity index (χ4v) is 1.55. The number of nitrogens with one attached hydrogen (secondary N) is 1. The molecule has 96 valence electrons. The quantitative estimate of drug-likeness (QED) is 0.727. The van der Waals surface area contributed by atoms with Crippen LogP contribution in [0.25, 0.3) is 0 Å². The fraction of sp³-hybridized carbons (Fsp3) is 0.600. The van der Waals surface area contributed by atoms with E-state index in [9.17, 15) is 18.4 Å². The van der Waals surface area contributed by atoms with E-state index in [0.29, 0.717) is 0 Å². The van der Waals surface area contributed by atoms with Gasteiger partial charge in [-0.05, 0) is 6.42 Å². The summed E-state index contributed by atoms with van der Waals surface area (Å²) in [6, 6.07) is -1.05. The minimum atomic E-state index is -2.59. The minimum absolute atomic E-state index is 0.254. The van der Waals surface area contributed by atoms with Gasteiger partial charge in [-0.25, -0.2) is 13.6 Å². The standard InChI is InChI=1S/C10H14F2N2O3/c1-14(5-8(11)12)10(17)13-7-3-2-6(4-7)9(15)16/h2-3,6-8H,4-5H2,1H3,(H,13,17)(H,15,16). The van der Waals surface area contributed by atoms with Crippen LogP contribution in [0.2, 0.25) is 0 Å². The molecule has 2 atom stereocenters. The van der Waals surface area contributed by atoms with Gasteiger partial charge in [0.2, 0.25) is 0 Å². The molecule has 2 N–H and O–H groups in total. The Hall–Kier alpha value is -1.66. The number of carboxylic acid groups (broad SMARTS) is 1. The Kier molecular flexibility index (Phi) is 4.42. The van der Waals surface area contributed by atoms with Crippen LogP contribution in [-0.2, 0) is 4.79 Å². The second-order valence-corrected chi connectivity index (χ2v) is 3.89. The first kappa shape index (κ1) is 13.4. The maximum absolute atomic E-state index is 12.0. The van der Waals surface area contributed by atoms with Crippen molar-refractivity contribution in [2.45, 2.75) is 18.9 Å². The highest BCUT2D eigenvalue weighted by Crippen LogP contribution is 2.18. The van der Waals surface area contributed by atoms with Crippen molar-refractivity contribution in [2.75, 3.05) is 13.6 Å². The smallest absolute Gasteiger partial charge is 0.317 e. The van der Waals surface area contributed by atoms with Crippen molar-refractivity contribution in [1.29, 1.82) is 0 Å². The summed E-state index contributed by atoms with van der Waals surface area (Å²) in [6.45, 7) is -0.648. The average molecular weight is 248 g/mol. The number of alkyl halides is 2. The summed E-state index contributed by atoms with van der Waals surface area (Å²) in [5.74, 6) is -1.58. The summed E-state index contributed by atoms with van der Waals surface area (Å²) in [5, 5.41) is 11.2. The van der Waals surface area contributed by atoms with Gasteiger partial charge >= 0.3 is 12.0 Å². The van der Waals surface area contributed by atoms with Gasteiger partial charge in [-0.1, -0.05) is 12.2 Å². The lowest BCUT2D eigenvalue weighted by atomic mass is 10.1. The molecular weight excluding hydrogens is 234 g/mol. The molecule has 17 heavy (non-hydrogen) atoms. The van der Waals surface area contributed by atoms with Gasteiger partial charge in [-0.3, -0.25) is 4.79 Å². The van der Waals surface area contributed by atoms with Gasteiger partial charge in [0.25, 0.3) is 6.43 Å². The van der Waals surface area contributed by atoms with Crippen LogP contribution in [0.4, 0.5) is 13.6 Å². The predicted molar refractivity (Wildman–Crippen MR) is 55.8 cm³/mol.